The third-order valence-electron chi connectivity index (χ3n) is 10.3. The molecule has 2 heteroatoms. The molecule has 0 bridgehead atoms. The molecule has 0 heterocycles. The van der Waals surface area contributed by atoms with Crippen LogP contribution in [0.1, 0.15) is 98.8 Å². The Morgan fingerprint density at radius 3 is 2.45 bits per heavy atom. The lowest BCUT2D eigenvalue weighted by Gasteiger charge is -2.59. The van der Waals surface area contributed by atoms with Gasteiger partial charge in [-0.05, 0) is 91.3 Å². The molecule has 0 radical (unpaired) electrons. The summed E-state index contributed by atoms with van der Waals surface area (Å²) in [4.78, 5) is 0. The van der Waals surface area contributed by atoms with Gasteiger partial charge in [0.25, 0.3) is 0 Å². The lowest BCUT2D eigenvalue weighted by atomic mass is 9.46. The molecule has 0 aromatic rings. The minimum atomic E-state index is -0.298. The van der Waals surface area contributed by atoms with E-state index < -0.39 is 0 Å². The van der Waals surface area contributed by atoms with Gasteiger partial charge in [0.1, 0.15) is 0 Å². The predicted octanol–water partition coefficient (Wildman–Crippen LogP) is 6.36. The summed E-state index contributed by atoms with van der Waals surface area (Å²) in [5.74, 6) is 4.18. The van der Waals surface area contributed by atoms with Crippen molar-refractivity contribution in [3.8, 4) is 0 Å². The Bertz CT molecular complexity index is 624. The highest BCUT2D eigenvalue weighted by atomic mass is 16.3. The van der Waals surface area contributed by atoms with E-state index in [-0.39, 0.29) is 17.6 Å². The standard InChI is InChI=1S/C27H46O2/c1-17(2)7-6-8-18(3)21-9-10-22-25-23(12-14-27(21,22)5)26(4)13-11-20(28)15-19(26)16-24(25)29/h16-18,20-25,28-29H,6-15H2,1-5H3/t18-,20+,21?,22?,23?,24?,25?,26+,27-/m1/s1. The molecule has 4 aliphatic carbocycles. The highest BCUT2D eigenvalue weighted by molar-refractivity contribution is 5.27. The fourth-order valence-electron chi connectivity index (χ4n) is 8.65. The second kappa shape index (κ2) is 7.97. The first-order valence-electron chi connectivity index (χ1n) is 12.7. The van der Waals surface area contributed by atoms with Gasteiger partial charge < -0.3 is 10.2 Å². The maximum atomic E-state index is 11.3. The van der Waals surface area contributed by atoms with Crippen molar-refractivity contribution in [2.24, 2.45) is 46.3 Å². The second-order valence-corrected chi connectivity index (χ2v) is 12.3. The fourth-order valence-corrected chi connectivity index (χ4v) is 8.65. The normalized spacial score (nSPS) is 47.9. The average Bonchev–Trinajstić information content (AvgIpc) is 3.00. The number of fused-ring (bicyclic) bond motifs is 5. The van der Waals surface area contributed by atoms with Crippen molar-refractivity contribution in [3.05, 3.63) is 11.6 Å². The Morgan fingerprint density at radius 2 is 1.72 bits per heavy atom. The van der Waals surface area contributed by atoms with Gasteiger partial charge >= 0.3 is 0 Å². The van der Waals surface area contributed by atoms with Gasteiger partial charge in [-0.15, -0.1) is 0 Å². The maximum absolute atomic E-state index is 11.3. The number of hydrogen-bond donors (Lipinski definition) is 2. The maximum Gasteiger partial charge on any atom is 0.0757 e. The van der Waals surface area contributed by atoms with E-state index in [9.17, 15) is 10.2 Å². The summed E-state index contributed by atoms with van der Waals surface area (Å²) in [6.07, 6.45) is 13.9. The van der Waals surface area contributed by atoms with Crippen LogP contribution in [0.2, 0.25) is 0 Å². The van der Waals surface area contributed by atoms with Crippen molar-refractivity contribution in [2.75, 3.05) is 0 Å². The van der Waals surface area contributed by atoms with Gasteiger partial charge in [-0.25, -0.2) is 0 Å². The number of aliphatic hydroxyl groups excluding tert-OH is 2. The highest BCUT2D eigenvalue weighted by Crippen LogP contribution is 2.67. The molecular formula is C27H46O2. The molecule has 2 N–H and O–H groups in total. The molecule has 2 nitrogen and oxygen atoms in total. The minimum Gasteiger partial charge on any atom is -0.393 e. The van der Waals surface area contributed by atoms with Crippen LogP contribution in [0.25, 0.3) is 0 Å². The van der Waals surface area contributed by atoms with E-state index in [0.717, 1.165) is 37.0 Å². The smallest absolute Gasteiger partial charge is 0.0757 e. The van der Waals surface area contributed by atoms with E-state index in [0.29, 0.717) is 23.2 Å². The van der Waals surface area contributed by atoms with E-state index in [1.54, 1.807) is 0 Å². The summed E-state index contributed by atoms with van der Waals surface area (Å²) < 4.78 is 0. The number of hydrogen-bond acceptors (Lipinski definition) is 2. The molecule has 29 heavy (non-hydrogen) atoms. The third kappa shape index (κ3) is 3.65. The van der Waals surface area contributed by atoms with Crippen LogP contribution >= 0.6 is 0 Å². The molecule has 4 aliphatic rings. The zero-order chi connectivity index (χ0) is 21.0. The number of aliphatic hydroxyl groups is 2. The van der Waals surface area contributed by atoms with Crippen molar-refractivity contribution in [3.63, 3.8) is 0 Å². The third-order valence-corrected chi connectivity index (χ3v) is 10.3. The van der Waals surface area contributed by atoms with Gasteiger partial charge in [-0.1, -0.05) is 65.5 Å². The zero-order valence-electron chi connectivity index (χ0n) is 19.7. The van der Waals surface area contributed by atoms with Crippen LogP contribution in [0.15, 0.2) is 11.6 Å². The molecule has 3 saturated carbocycles. The summed E-state index contributed by atoms with van der Waals surface area (Å²) in [6, 6.07) is 0. The van der Waals surface area contributed by atoms with Crippen molar-refractivity contribution in [2.45, 2.75) is 111 Å². The largest absolute Gasteiger partial charge is 0.393 e. The molecule has 0 amide bonds. The first-order valence-corrected chi connectivity index (χ1v) is 12.7. The summed E-state index contributed by atoms with van der Waals surface area (Å²) in [5.41, 5.74) is 1.99. The Labute approximate surface area is 179 Å². The van der Waals surface area contributed by atoms with Crippen LogP contribution in [0.5, 0.6) is 0 Å². The molecule has 5 unspecified atom stereocenters. The van der Waals surface area contributed by atoms with Crippen LogP contribution < -0.4 is 0 Å². The van der Waals surface area contributed by atoms with Crippen LogP contribution in [0.4, 0.5) is 0 Å². The molecule has 9 atom stereocenters. The second-order valence-electron chi connectivity index (χ2n) is 12.3. The van der Waals surface area contributed by atoms with Gasteiger partial charge in [0, 0.05) is 0 Å². The molecule has 0 aromatic heterocycles. The summed E-state index contributed by atoms with van der Waals surface area (Å²) in [7, 11) is 0. The van der Waals surface area contributed by atoms with E-state index in [4.69, 9.17) is 0 Å². The Balaban J connectivity index is 1.54. The summed E-state index contributed by atoms with van der Waals surface area (Å²) >= 11 is 0. The number of rotatable bonds is 5. The Morgan fingerprint density at radius 1 is 0.966 bits per heavy atom. The molecule has 0 aliphatic heterocycles. The van der Waals surface area contributed by atoms with Crippen molar-refractivity contribution in [1.29, 1.82) is 0 Å². The molecule has 166 valence electrons. The highest BCUT2D eigenvalue weighted by Gasteiger charge is 2.61. The molecule has 3 fully saturated rings. The van der Waals surface area contributed by atoms with Gasteiger partial charge in [0.05, 0.1) is 12.2 Å². The SMILES string of the molecule is CC(C)CCC[C@@H](C)C1CCC2C3C(O)C=C4C[C@@H](O)CC[C@]4(C)C3CC[C@@]21C. The zero-order valence-corrected chi connectivity index (χ0v) is 19.7. The lowest BCUT2D eigenvalue weighted by molar-refractivity contribution is -0.0970. The monoisotopic (exact) mass is 402 g/mol. The molecule has 4 rings (SSSR count). The summed E-state index contributed by atoms with van der Waals surface area (Å²) in [6.45, 7) is 12.2. The van der Waals surface area contributed by atoms with Gasteiger partial charge in [0.2, 0.25) is 0 Å². The van der Waals surface area contributed by atoms with Crippen molar-refractivity contribution in [1.82, 2.24) is 0 Å². The quantitative estimate of drug-likeness (QED) is 0.525. The van der Waals surface area contributed by atoms with Gasteiger partial charge in [-0.2, -0.15) is 0 Å². The predicted molar refractivity (Wildman–Crippen MR) is 120 cm³/mol. The molecule has 0 aromatic carbocycles. The van der Waals surface area contributed by atoms with Gasteiger partial charge in [0.15, 0.2) is 0 Å². The van der Waals surface area contributed by atoms with Crippen LogP contribution in [-0.2, 0) is 0 Å². The lowest BCUT2D eigenvalue weighted by Crippen LogP contribution is -2.54. The topological polar surface area (TPSA) is 40.5 Å². The van der Waals surface area contributed by atoms with E-state index in [1.165, 1.54) is 50.5 Å². The Hall–Kier alpha value is -0.340. The van der Waals surface area contributed by atoms with Crippen LogP contribution in [0, 0.1) is 46.3 Å². The Kier molecular flexibility index (Phi) is 6.01. The van der Waals surface area contributed by atoms with Crippen LogP contribution in [-0.4, -0.2) is 22.4 Å². The molecular weight excluding hydrogens is 356 g/mol. The molecule has 0 spiro atoms. The van der Waals surface area contributed by atoms with Crippen molar-refractivity contribution >= 4 is 0 Å². The van der Waals surface area contributed by atoms with Gasteiger partial charge in [-0.3, -0.25) is 0 Å². The first-order chi connectivity index (χ1) is 13.7. The first kappa shape index (κ1) is 21.9. The summed E-state index contributed by atoms with van der Waals surface area (Å²) in [5, 5.41) is 21.5. The van der Waals surface area contributed by atoms with E-state index in [1.807, 2.05) is 0 Å². The minimum absolute atomic E-state index is 0.200. The van der Waals surface area contributed by atoms with Crippen LogP contribution in [0.3, 0.4) is 0 Å². The fraction of sp³-hybridized carbons (Fsp3) is 0.926. The van der Waals surface area contributed by atoms with E-state index >= 15 is 0 Å². The average molecular weight is 403 g/mol. The van der Waals surface area contributed by atoms with Crippen molar-refractivity contribution < 1.29 is 10.2 Å². The molecule has 0 saturated heterocycles. The van der Waals surface area contributed by atoms with E-state index in [2.05, 4.69) is 40.7 Å².